The number of rotatable bonds is 6. The van der Waals surface area contributed by atoms with Gasteiger partial charge in [-0.25, -0.2) is 0 Å². The molecule has 1 saturated carbocycles. The minimum Gasteiger partial charge on any atom is -0.494 e. The Bertz CT molecular complexity index is 964. The lowest BCUT2D eigenvalue weighted by atomic mass is 10.2. The molecule has 1 aliphatic rings. The van der Waals surface area contributed by atoms with Gasteiger partial charge in [0.15, 0.2) is 5.56 Å². The summed E-state index contributed by atoms with van der Waals surface area (Å²) >= 11 is 0. The number of fused-ring (bicyclic) bond motifs is 1. The van der Waals surface area contributed by atoms with E-state index in [1.165, 1.54) is 10.6 Å². The van der Waals surface area contributed by atoms with Crippen LogP contribution in [0.3, 0.4) is 0 Å². The molecule has 0 atom stereocenters. The standard InChI is InChI=1S/C18H22N4O4/c1-10(2)9-21-16-13(5-4-8-23)11(3)20-22(16)18(26)14(17(21)25)15(24)19-12-6-7-12/h4-5,8,10,12,25H,6-7,9H2,1-3H3,(H,19,24)/b5-4+. The number of aromatic hydroxyl groups is 1. The van der Waals surface area contributed by atoms with E-state index in [1.54, 1.807) is 13.0 Å². The molecule has 2 aromatic heterocycles. The van der Waals surface area contributed by atoms with E-state index in [9.17, 15) is 19.5 Å². The molecule has 0 spiro atoms. The molecule has 0 bridgehead atoms. The Kier molecular flexibility index (Phi) is 4.67. The lowest BCUT2D eigenvalue weighted by Gasteiger charge is -2.17. The topological polar surface area (TPSA) is 106 Å². The van der Waals surface area contributed by atoms with Gasteiger partial charge in [0.25, 0.3) is 11.5 Å². The molecule has 8 nitrogen and oxygen atoms in total. The smallest absolute Gasteiger partial charge is 0.291 e. The fraction of sp³-hybridized carbons (Fsp3) is 0.444. The first-order valence-electron chi connectivity index (χ1n) is 8.63. The molecule has 8 heteroatoms. The van der Waals surface area contributed by atoms with Crippen molar-refractivity contribution < 1.29 is 14.7 Å². The largest absolute Gasteiger partial charge is 0.494 e. The highest BCUT2D eigenvalue weighted by atomic mass is 16.3. The Hall–Kier alpha value is -2.90. The number of aromatic nitrogens is 3. The summed E-state index contributed by atoms with van der Waals surface area (Å²) < 4.78 is 2.64. The molecule has 0 unspecified atom stereocenters. The van der Waals surface area contributed by atoms with E-state index in [2.05, 4.69) is 10.4 Å². The number of hydrogen-bond donors (Lipinski definition) is 2. The number of aryl methyl sites for hydroxylation is 1. The lowest BCUT2D eigenvalue weighted by molar-refractivity contribution is -0.104. The Morgan fingerprint density at radius 2 is 2.12 bits per heavy atom. The molecule has 138 valence electrons. The first kappa shape index (κ1) is 17.9. The molecule has 1 aliphatic carbocycles. The monoisotopic (exact) mass is 358 g/mol. The van der Waals surface area contributed by atoms with E-state index in [0.717, 1.165) is 17.4 Å². The van der Waals surface area contributed by atoms with Crippen molar-refractivity contribution in [2.24, 2.45) is 5.92 Å². The van der Waals surface area contributed by atoms with Crippen LogP contribution in [0.2, 0.25) is 0 Å². The Morgan fingerprint density at radius 1 is 1.42 bits per heavy atom. The maximum Gasteiger partial charge on any atom is 0.291 e. The first-order chi connectivity index (χ1) is 12.3. The van der Waals surface area contributed by atoms with Gasteiger partial charge < -0.3 is 10.4 Å². The predicted molar refractivity (Wildman–Crippen MR) is 96.3 cm³/mol. The van der Waals surface area contributed by atoms with Crippen LogP contribution in [0.25, 0.3) is 11.7 Å². The molecule has 1 fully saturated rings. The summed E-state index contributed by atoms with van der Waals surface area (Å²) in [4.78, 5) is 36.1. The van der Waals surface area contributed by atoms with E-state index >= 15 is 0 Å². The van der Waals surface area contributed by atoms with Crippen molar-refractivity contribution >= 4 is 23.9 Å². The second-order valence-electron chi connectivity index (χ2n) is 6.99. The highest BCUT2D eigenvalue weighted by Crippen LogP contribution is 2.25. The van der Waals surface area contributed by atoms with Crippen molar-refractivity contribution in [3.63, 3.8) is 0 Å². The van der Waals surface area contributed by atoms with Crippen molar-refractivity contribution in [2.45, 2.75) is 46.2 Å². The zero-order chi connectivity index (χ0) is 19.0. The van der Waals surface area contributed by atoms with E-state index in [1.807, 2.05) is 13.8 Å². The average Bonchev–Trinajstić information content (AvgIpc) is 3.31. The van der Waals surface area contributed by atoms with Gasteiger partial charge in [-0.1, -0.05) is 13.8 Å². The second-order valence-corrected chi connectivity index (χ2v) is 6.99. The van der Waals surface area contributed by atoms with E-state index < -0.39 is 11.5 Å². The van der Waals surface area contributed by atoms with Crippen LogP contribution < -0.4 is 10.9 Å². The van der Waals surface area contributed by atoms with Gasteiger partial charge in [-0.15, -0.1) is 0 Å². The third-order valence-electron chi connectivity index (χ3n) is 4.25. The first-order valence-corrected chi connectivity index (χ1v) is 8.63. The van der Waals surface area contributed by atoms with Crippen LogP contribution in [-0.4, -0.2) is 37.5 Å². The van der Waals surface area contributed by atoms with Crippen LogP contribution in [0.15, 0.2) is 10.9 Å². The summed E-state index contributed by atoms with van der Waals surface area (Å²) in [7, 11) is 0. The van der Waals surface area contributed by atoms with Crippen LogP contribution in [0.4, 0.5) is 0 Å². The summed E-state index contributed by atoms with van der Waals surface area (Å²) in [6.45, 7) is 6.01. The van der Waals surface area contributed by atoms with Gasteiger partial charge in [0.2, 0.25) is 5.88 Å². The number of carbonyl (C=O) groups excluding carboxylic acids is 2. The SMILES string of the molecule is Cc1nn2c(=O)c(C(=O)NC3CC3)c(O)n(CC(C)C)c2c1/C=C/C=O. The lowest BCUT2D eigenvalue weighted by Crippen LogP contribution is -2.34. The van der Waals surface area contributed by atoms with Crippen LogP contribution in [-0.2, 0) is 11.3 Å². The molecule has 26 heavy (non-hydrogen) atoms. The van der Waals surface area contributed by atoms with Crippen LogP contribution in [0.1, 0.15) is 48.3 Å². The summed E-state index contributed by atoms with van der Waals surface area (Å²) in [6.07, 6.45) is 5.22. The molecule has 2 N–H and O–H groups in total. The summed E-state index contributed by atoms with van der Waals surface area (Å²) in [5, 5.41) is 17.7. The molecule has 2 aromatic rings. The van der Waals surface area contributed by atoms with Gasteiger partial charge in [0.1, 0.15) is 11.9 Å². The van der Waals surface area contributed by atoms with E-state index in [0.29, 0.717) is 29.7 Å². The zero-order valence-electron chi connectivity index (χ0n) is 15.0. The Labute approximate surface area is 150 Å². The molecule has 0 aliphatic heterocycles. The number of allylic oxidation sites excluding steroid dienone is 1. The second kappa shape index (κ2) is 6.78. The summed E-state index contributed by atoms with van der Waals surface area (Å²) in [5.41, 5.74) is 0.457. The third-order valence-corrected chi connectivity index (χ3v) is 4.25. The van der Waals surface area contributed by atoms with Gasteiger partial charge in [-0.2, -0.15) is 9.61 Å². The number of hydrogen-bond acceptors (Lipinski definition) is 5. The summed E-state index contributed by atoms with van der Waals surface area (Å²) in [6, 6.07) is 0.0565. The van der Waals surface area contributed by atoms with Crippen molar-refractivity contribution in [2.75, 3.05) is 0 Å². The molecule has 1 amide bonds. The minimum absolute atomic E-state index is 0.0565. The normalized spacial score (nSPS) is 14.5. The van der Waals surface area contributed by atoms with Crippen LogP contribution in [0, 0.1) is 12.8 Å². The number of aldehydes is 1. The van der Waals surface area contributed by atoms with Gasteiger partial charge >= 0.3 is 0 Å². The Morgan fingerprint density at radius 3 is 2.69 bits per heavy atom. The molecule has 3 rings (SSSR count). The highest BCUT2D eigenvalue weighted by Gasteiger charge is 2.30. The number of nitrogens with one attached hydrogen (secondary N) is 1. The van der Waals surface area contributed by atoms with Gasteiger partial charge in [-0.05, 0) is 37.8 Å². The molecule has 0 saturated heterocycles. The Balaban J connectivity index is 2.31. The molecule has 0 aromatic carbocycles. The zero-order valence-corrected chi connectivity index (χ0v) is 15.0. The van der Waals surface area contributed by atoms with Gasteiger partial charge in [-0.3, -0.25) is 19.0 Å². The van der Waals surface area contributed by atoms with Crippen molar-refractivity contribution in [3.8, 4) is 5.88 Å². The van der Waals surface area contributed by atoms with Crippen LogP contribution >= 0.6 is 0 Å². The fourth-order valence-corrected chi connectivity index (χ4v) is 2.92. The van der Waals surface area contributed by atoms with Gasteiger partial charge in [0, 0.05) is 18.2 Å². The van der Waals surface area contributed by atoms with Crippen molar-refractivity contribution in [1.82, 2.24) is 19.5 Å². The van der Waals surface area contributed by atoms with Crippen molar-refractivity contribution in [3.05, 3.63) is 33.3 Å². The maximum atomic E-state index is 12.8. The quantitative estimate of drug-likeness (QED) is 0.597. The van der Waals surface area contributed by atoms with E-state index in [4.69, 9.17) is 0 Å². The minimum atomic E-state index is -0.676. The average molecular weight is 358 g/mol. The van der Waals surface area contributed by atoms with E-state index in [-0.39, 0.29) is 23.4 Å². The third kappa shape index (κ3) is 3.14. The molecular formula is C18H22N4O4. The molecular weight excluding hydrogens is 336 g/mol. The predicted octanol–water partition coefficient (Wildman–Crippen LogP) is 1.27. The van der Waals surface area contributed by atoms with Gasteiger partial charge in [0.05, 0.1) is 5.69 Å². The highest BCUT2D eigenvalue weighted by molar-refractivity contribution is 5.97. The van der Waals surface area contributed by atoms with Crippen LogP contribution in [0.5, 0.6) is 5.88 Å². The summed E-state index contributed by atoms with van der Waals surface area (Å²) in [5.74, 6) is -0.827. The number of amides is 1. The number of carbonyl (C=O) groups is 2. The molecule has 0 radical (unpaired) electrons. The maximum absolute atomic E-state index is 12.8. The molecule has 2 heterocycles. The van der Waals surface area contributed by atoms with Crippen molar-refractivity contribution in [1.29, 1.82) is 0 Å². The number of nitrogens with zero attached hydrogens (tertiary/aromatic N) is 3. The fourth-order valence-electron chi connectivity index (χ4n) is 2.92.